The molecule has 3 aromatic rings. The second kappa shape index (κ2) is 7.49. The number of hydrogen-bond donors (Lipinski definition) is 0. The monoisotopic (exact) mass is 331 g/mol. The third-order valence-electron chi connectivity index (χ3n) is 4.03. The van der Waals surface area contributed by atoms with Crippen molar-refractivity contribution in [3.05, 3.63) is 66.2 Å². The Morgan fingerprint density at radius 1 is 1.20 bits per heavy atom. The number of aromatic nitrogens is 4. The van der Waals surface area contributed by atoms with Crippen LogP contribution < -0.4 is 0 Å². The molecule has 2 heterocycles. The first-order chi connectivity index (χ1) is 12.2. The van der Waals surface area contributed by atoms with Crippen molar-refractivity contribution in [2.45, 2.75) is 18.8 Å². The van der Waals surface area contributed by atoms with Crippen molar-refractivity contribution in [2.75, 3.05) is 0 Å². The van der Waals surface area contributed by atoms with E-state index in [4.69, 9.17) is 0 Å². The van der Waals surface area contributed by atoms with E-state index in [9.17, 15) is 10.1 Å². The molecule has 0 saturated heterocycles. The second-order valence-electron chi connectivity index (χ2n) is 5.70. The number of hydrogen-bond acceptors (Lipinski definition) is 5. The lowest BCUT2D eigenvalue weighted by Gasteiger charge is -2.09. The van der Waals surface area contributed by atoms with E-state index < -0.39 is 5.92 Å². The molecule has 0 fully saturated rings. The minimum atomic E-state index is -0.924. The summed E-state index contributed by atoms with van der Waals surface area (Å²) in [5.74, 6) is -0.0819. The van der Waals surface area contributed by atoms with Crippen LogP contribution in [0, 0.1) is 11.3 Å². The molecule has 1 aromatic carbocycles. The van der Waals surface area contributed by atoms with Crippen LogP contribution in [0.1, 0.15) is 23.7 Å². The molecule has 0 N–H and O–H groups in total. The van der Waals surface area contributed by atoms with Gasteiger partial charge in [-0.2, -0.15) is 5.26 Å². The van der Waals surface area contributed by atoms with E-state index in [2.05, 4.69) is 21.3 Å². The average molecular weight is 331 g/mol. The molecule has 0 radical (unpaired) electrons. The Balaban J connectivity index is 1.78. The van der Waals surface area contributed by atoms with E-state index >= 15 is 0 Å². The number of rotatable bonds is 6. The summed E-state index contributed by atoms with van der Waals surface area (Å²) in [4.78, 5) is 16.6. The van der Waals surface area contributed by atoms with E-state index in [-0.39, 0.29) is 12.2 Å². The van der Waals surface area contributed by atoms with Gasteiger partial charge in [0.25, 0.3) is 0 Å². The van der Waals surface area contributed by atoms with Crippen LogP contribution in [0.15, 0.2) is 54.9 Å². The number of aryl methyl sites for hydroxylation is 1. The lowest BCUT2D eigenvalue weighted by atomic mass is 9.99. The highest BCUT2D eigenvalue weighted by molar-refractivity contribution is 5.87. The van der Waals surface area contributed by atoms with Gasteiger partial charge in [-0.1, -0.05) is 36.4 Å². The SMILES string of the molecule is Cn1c(-c2ccccc2)nnc1[C@@H](C#N)C(=O)CCc1cccnc1. The third-order valence-corrected chi connectivity index (χ3v) is 4.03. The number of carbonyl (C=O) groups is 1. The van der Waals surface area contributed by atoms with Crippen LogP contribution >= 0.6 is 0 Å². The number of carbonyl (C=O) groups excluding carboxylic acids is 1. The Morgan fingerprint density at radius 3 is 2.68 bits per heavy atom. The zero-order valence-electron chi connectivity index (χ0n) is 13.8. The minimum Gasteiger partial charge on any atom is -0.313 e. The Kier molecular flexibility index (Phi) is 4.95. The van der Waals surface area contributed by atoms with Crippen LogP contribution in [0.4, 0.5) is 0 Å². The van der Waals surface area contributed by atoms with Crippen molar-refractivity contribution in [3.8, 4) is 17.5 Å². The molecule has 0 unspecified atom stereocenters. The first kappa shape index (κ1) is 16.5. The summed E-state index contributed by atoms with van der Waals surface area (Å²) in [6.07, 6.45) is 4.23. The standard InChI is InChI=1S/C19H17N5O/c1-24-18(15-7-3-2-4-8-15)22-23-19(24)16(12-20)17(25)10-9-14-6-5-11-21-13-14/h2-8,11,13,16H,9-10H2,1H3/t16-/m0/s1. The molecular weight excluding hydrogens is 314 g/mol. The topological polar surface area (TPSA) is 84.5 Å². The van der Waals surface area contributed by atoms with Crippen molar-refractivity contribution in [1.82, 2.24) is 19.7 Å². The van der Waals surface area contributed by atoms with Gasteiger partial charge < -0.3 is 4.57 Å². The van der Waals surface area contributed by atoms with Gasteiger partial charge in [-0.3, -0.25) is 9.78 Å². The molecule has 6 nitrogen and oxygen atoms in total. The molecule has 6 heteroatoms. The summed E-state index contributed by atoms with van der Waals surface area (Å²) in [7, 11) is 1.77. The fraction of sp³-hybridized carbons (Fsp3) is 0.211. The second-order valence-corrected chi connectivity index (χ2v) is 5.70. The number of Topliss-reactive ketones (excluding diaryl/α,β-unsaturated/α-hetero) is 1. The van der Waals surface area contributed by atoms with Gasteiger partial charge in [0.1, 0.15) is 0 Å². The normalized spacial score (nSPS) is 11.7. The van der Waals surface area contributed by atoms with Crippen LogP contribution in [-0.2, 0) is 18.3 Å². The largest absolute Gasteiger partial charge is 0.313 e. The zero-order valence-corrected chi connectivity index (χ0v) is 13.8. The van der Waals surface area contributed by atoms with Gasteiger partial charge in [-0.15, -0.1) is 10.2 Å². The lowest BCUT2D eigenvalue weighted by Crippen LogP contribution is -2.16. The Bertz CT molecular complexity index is 897. The summed E-state index contributed by atoms with van der Waals surface area (Å²) in [6, 6.07) is 15.4. The molecule has 0 aliphatic heterocycles. The number of nitrogens with zero attached hydrogens (tertiary/aromatic N) is 5. The highest BCUT2D eigenvalue weighted by Crippen LogP contribution is 2.22. The van der Waals surface area contributed by atoms with Crippen LogP contribution in [0.2, 0.25) is 0 Å². The van der Waals surface area contributed by atoms with E-state index in [1.165, 1.54) is 0 Å². The molecule has 0 aliphatic carbocycles. The first-order valence-electron chi connectivity index (χ1n) is 7.96. The molecule has 3 rings (SSSR count). The fourth-order valence-corrected chi connectivity index (χ4v) is 2.66. The number of nitriles is 1. The predicted molar refractivity (Wildman–Crippen MR) is 92.4 cm³/mol. The molecule has 124 valence electrons. The summed E-state index contributed by atoms with van der Waals surface area (Å²) in [5, 5.41) is 17.7. The summed E-state index contributed by atoms with van der Waals surface area (Å²) >= 11 is 0. The van der Waals surface area contributed by atoms with Gasteiger partial charge in [0.2, 0.25) is 0 Å². The Hall–Kier alpha value is -3.33. The van der Waals surface area contributed by atoms with Crippen LogP contribution in [0.25, 0.3) is 11.4 Å². The van der Waals surface area contributed by atoms with Crippen molar-refractivity contribution in [1.29, 1.82) is 5.26 Å². The van der Waals surface area contributed by atoms with Crippen LogP contribution in [0.5, 0.6) is 0 Å². The van der Waals surface area contributed by atoms with Gasteiger partial charge in [-0.25, -0.2) is 0 Å². The third kappa shape index (κ3) is 3.61. The molecule has 0 spiro atoms. The molecule has 0 aliphatic rings. The van der Waals surface area contributed by atoms with Crippen molar-refractivity contribution in [3.63, 3.8) is 0 Å². The van der Waals surface area contributed by atoms with E-state index in [1.807, 2.05) is 42.5 Å². The maximum atomic E-state index is 12.5. The predicted octanol–water partition coefficient (Wildman–Crippen LogP) is 2.69. The van der Waals surface area contributed by atoms with Crippen LogP contribution in [0.3, 0.4) is 0 Å². The molecule has 25 heavy (non-hydrogen) atoms. The fourth-order valence-electron chi connectivity index (χ4n) is 2.66. The number of benzene rings is 1. The van der Waals surface area contributed by atoms with Gasteiger partial charge in [0.05, 0.1) is 6.07 Å². The highest BCUT2D eigenvalue weighted by atomic mass is 16.1. The van der Waals surface area contributed by atoms with E-state index in [0.29, 0.717) is 18.1 Å². The molecule has 0 saturated carbocycles. The van der Waals surface area contributed by atoms with Crippen molar-refractivity contribution >= 4 is 5.78 Å². The van der Waals surface area contributed by atoms with Gasteiger partial charge >= 0.3 is 0 Å². The summed E-state index contributed by atoms with van der Waals surface area (Å²) in [6.45, 7) is 0. The van der Waals surface area contributed by atoms with Gasteiger partial charge in [0.15, 0.2) is 23.3 Å². The smallest absolute Gasteiger partial charge is 0.164 e. The van der Waals surface area contributed by atoms with Crippen LogP contribution in [-0.4, -0.2) is 25.5 Å². The van der Waals surface area contributed by atoms with Crippen molar-refractivity contribution < 1.29 is 4.79 Å². The molecule has 0 amide bonds. The van der Waals surface area contributed by atoms with Crippen molar-refractivity contribution in [2.24, 2.45) is 7.05 Å². The van der Waals surface area contributed by atoms with E-state index in [1.54, 1.807) is 24.0 Å². The van der Waals surface area contributed by atoms with Gasteiger partial charge in [0, 0.05) is 31.4 Å². The lowest BCUT2D eigenvalue weighted by molar-refractivity contribution is -0.119. The number of pyridine rings is 1. The Labute approximate surface area is 145 Å². The number of ketones is 1. The first-order valence-corrected chi connectivity index (χ1v) is 7.96. The van der Waals surface area contributed by atoms with Gasteiger partial charge in [-0.05, 0) is 18.1 Å². The summed E-state index contributed by atoms with van der Waals surface area (Å²) < 4.78 is 1.71. The average Bonchev–Trinajstić information content (AvgIpc) is 3.04. The summed E-state index contributed by atoms with van der Waals surface area (Å²) in [5.41, 5.74) is 1.86. The Morgan fingerprint density at radius 2 is 2.00 bits per heavy atom. The highest BCUT2D eigenvalue weighted by Gasteiger charge is 2.26. The molecule has 0 bridgehead atoms. The maximum absolute atomic E-state index is 12.5. The molecular formula is C19H17N5O. The molecule has 1 atom stereocenters. The molecule has 2 aromatic heterocycles. The van der Waals surface area contributed by atoms with E-state index in [0.717, 1.165) is 11.1 Å². The minimum absolute atomic E-state index is 0.165. The zero-order chi connectivity index (χ0) is 17.6. The quantitative estimate of drug-likeness (QED) is 0.693. The maximum Gasteiger partial charge on any atom is 0.164 e.